The molecule has 1 nitrogen and oxygen atoms in total. The molecule has 3 unspecified atom stereocenters. The molecular formula is C11H19N. The fourth-order valence-corrected chi connectivity index (χ4v) is 2.36. The van der Waals surface area contributed by atoms with Gasteiger partial charge in [-0.3, -0.25) is 0 Å². The summed E-state index contributed by atoms with van der Waals surface area (Å²) in [5.74, 6) is 1.69. The first-order chi connectivity index (χ1) is 5.47. The molecule has 0 aromatic rings. The first-order valence-corrected chi connectivity index (χ1v) is 4.93. The lowest BCUT2D eigenvalue weighted by Gasteiger charge is -2.24. The van der Waals surface area contributed by atoms with Crippen LogP contribution < -0.4 is 5.32 Å². The summed E-state index contributed by atoms with van der Waals surface area (Å²) in [6.07, 6.45) is 2.68. The van der Waals surface area contributed by atoms with Gasteiger partial charge in [-0.15, -0.1) is 0 Å². The van der Waals surface area contributed by atoms with Crippen molar-refractivity contribution in [2.45, 2.75) is 39.7 Å². The van der Waals surface area contributed by atoms with Crippen LogP contribution in [0.15, 0.2) is 12.3 Å². The molecule has 2 aliphatic rings. The monoisotopic (exact) mass is 165 g/mol. The highest BCUT2D eigenvalue weighted by Crippen LogP contribution is 2.50. The SMILES string of the molecule is C=C1NC2CC2C1CC(C)(C)C. The molecule has 0 spiro atoms. The Bertz CT molecular complexity index is 212. The number of hydrogen-bond acceptors (Lipinski definition) is 1. The van der Waals surface area contributed by atoms with Crippen molar-refractivity contribution in [3.8, 4) is 0 Å². The van der Waals surface area contributed by atoms with Gasteiger partial charge in [0, 0.05) is 17.7 Å². The molecule has 1 aliphatic heterocycles. The number of piperidine rings is 1. The highest BCUT2D eigenvalue weighted by Gasteiger charge is 2.50. The second-order valence-corrected chi connectivity index (χ2v) is 5.55. The van der Waals surface area contributed by atoms with Gasteiger partial charge in [0.05, 0.1) is 0 Å². The molecule has 0 aromatic heterocycles. The Morgan fingerprint density at radius 1 is 1.50 bits per heavy atom. The molecule has 2 rings (SSSR count). The van der Waals surface area contributed by atoms with Crippen LogP contribution >= 0.6 is 0 Å². The van der Waals surface area contributed by atoms with Crippen LogP contribution in [-0.2, 0) is 0 Å². The molecule has 0 radical (unpaired) electrons. The first-order valence-electron chi connectivity index (χ1n) is 4.93. The third-order valence-corrected chi connectivity index (χ3v) is 3.01. The van der Waals surface area contributed by atoms with Crippen molar-refractivity contribution in [2.24, 2.45) is 17.3 Å². The molecule has 1 heterocycles. The molecule has 1 heteroatoms. The van der Waals surface area contributed by atoms with Crippen LogP contribution in [0.5, 0.6) is 0 Å². The fraction of sp³-hybridized carbons (Fsp3) is 0.818. The zero-order valence-electron chi connectivity index (χ0n) is 8.35. The summed E-state index contributed by atoms with van der Waals surface area (Å²) < 4.78 is 0. The molecule has 0 amide bonds. The number of rotatable bonds is 1. The van der Waals surface area contributed by atoms with E-state index < -0.39 is 0 Å². The summed E-state index contributed by atoms with van der Waals surface area (Å²) in [5, 5.41) is 3.47. The summed E-state index contributed by atoms with van der Waals surface area (Å²) in [5.41, 5.74) is 1.75. The van der Waals surface area contributed by atoms with E-state index in [0.717, 1.165) is 17.9 Å². The molecule has 1 aliphatic carbocycles. The lowest BCUT2D eigenvalue weighted by molar-refractivity contribution is 0.306. The minimum absolute atomic E-state index is 0.451. The minimum Gasteiger partial charge on any atom is -0.386 e. The zero-order valence-corrected chi connectivity index (χ0v) is 8.35. The number of hydrogen-bond donors (Lipinski definition) is 1. The maximum absolute atomic E-state index is 4.09. The van der Waals surface area contributed by atoms with Crippen molar-refractivity contribution in [3.63, 3.8) is 0 Å². The Morgan fingerprint density at radius 3 is 2.58 bits per heavy atom. The van der Waals surface area contributed by atoms with E-state index in [-0.39, 0.29) is 0 Å². The van der Waals surface area contributed by atoms with Crippen LogP contribution in [0.1, 0.15) is 33.6 Å². The van der Waals surface area contributed by atoms with E-state index in [4.69, 9.17) is 0 Å². The van der Waals surface area contributed by atoms with Gasteiger partial charge >= 0.3 is 0 Å². The van der Waals surface area contributed by atoms with Gasteiger partial charge in [0.25, 0.3) is 0 Å². The van der Waals surface area contributed by atoms with Crippen molar-refractivity contribution in [3.05, 3.63) is 12.3 Å². The fourth-order valence-electron chi connectivity index (χ4n) is 2.36. The Kier molecular flexibility index (Phi) is 1.54. The zero-order chi connectivity index (χ0) is 8.93. The highest BCUT2D eigenvalue weighted by atomic mass is 15.0. The average molecular weight is 165 g/mol. The molecule has 2 fully saturated rings. The van der Waals surface area contributed by atoms with Gasteiger partial charge in [-0.25, -0.2) is 0 Å². The van der Waals surface area contributed by atoms with Crippen LogP contribution in [-0.4, -0.2) is 6.04 Å². The Hall–Kier alpha value is -0.460. The molecule has 12 heavy (non-hydrogen) atoms. The molecule has 1 saturated heterocycles. The topological polar surface area (TPSA) is 12.0 Å². The van der Waals surface area contributed by atoms with E-state index in [1.165, 1.54) is 18.5 Å². The van der Waals surface area contributed by atoms with Gasteiger partial charge < -0.3 is 5.32 Å². The predicted octanol–water partition coefficient (Wildman–Crippen LogP) is 2.54. The van der Waals surface area contributed by atoms with E-state index in [2.05, 4.69) is 32.7 Å². The first kappa shape index (κ1) is 8.15. The van der Waals surface area contributed by atoms with Crippen LogP contribution in [0, 0.1) is 17.3 Å². The van der Waals surface area contributed by atoms with Gasteiger partial charge in [0.1, 0.15) is 0 Å². The van der Waals surface area contributed by atoms with Crippen molar-refractivity contribution in [2.75, 3.05) is 0 Å². The van der Waals surface area contributed by atoms with Crippen LogP contribution in [0.2, 0.25) is 0 Å². The standard InChI is InChI=1S/C11H19N/c1-7-9(6-11(2,3)4)8-5-10(8)12-7/h8-10,12H,1,5-6H2,2-4H3. The molecule has 1 saturated carbocycles. The molecule has 1 N–H and O–H groups in total. The molecular weight excluding hydrogens is 146 g/mol. The smallest absolute Gasteiger partial charge is 0.0297 e. The second kappa shape index (κ2) is 2.27. The number of fused-ring (bicyclic) bond motifs is 1. The predicted molar refractivity (Wildman–Crippen MR) is 51.7 cm³/mol. The summed E-state index contributed by atoms with van der Waals surface area (Å²) >= 11 is 0. The normalized spacial score (nSPS) is 39.2. The molecule has 0 aromatic carbocycles. The summed E-state index contributed by atoms with van der Waals surface area (Å²) in [4.78, 5) is 0. The van der Waals surface area contributed by atoms with Crippen molar-refractivity contribution in [1.82, 2.24) is 5.32 Å². The third-order valence-electron chi connectivity index (χ3n) is 3.01. The maximum Gasteiger partial charge on any atom is 0.0297 e. The third kappa shape index (κ3) is 1.37. The van der Waals surface area contributed by atoms with Crippen molar-refractivity contribution in [1.29, 1.82) is 0 Å². The number of nitrogens with one attached hydrogen (secondary N) is 1. The van der Waals surface area contributed by atoms with Crippen LogP contribution in [0.3, 0.4) is 0 Å². The van der Waals surface area contributed by atoms with Crippen LogP contribution in [0.25, 0.3) is 0 Å². The van der Waals surface area contributed by atoms with Crippen molar-refractivity contribution < 1.29 is 0 Å². The Morgan fingerprint density at radius 2 is 2.17 bits per heavy atom. The molecule has 68 valence electrons. The minimum atomic E-state index is 0.451. The highest BCUT2D eigenvalue weighted by molar-refractivity contribution is 5.20. The van der Waals surface area contributed by atoms with E-state index in [0.29, 0.717) is 5.41 Å². The van der Waals surface area contributed by atoms with E-state index >= 15 is 0 Å². The van der Waals surface area contributed by atoms with E-state index in [9.17, 15) is 0 Å². The lowest BCUT2D eigenvalue weighted by Crippen LogP contribution is -2.17. The Balaban J connectivity index is 1.99. The summed E-state index contributed by atoms with van der Waals surface area (Å²) in [6, 6.07) is 0.796. The van der Waals surface area contributed by atoms with Crippen molar-refractivity contribution >= 4 is 0 Å². The van der Waals surface area contributed by atoms with Gasteiger partial charge in [-0.1, -0.05) is 27.4 Å². The quantitative estimate of drug-likeness (QED) is 0.629. The largest absolute Gasteiger partial charge is 0.386 e. The van der Waals surface area contributed by atoms with E-state index in [1.807, 2.05) is 0 Å². The van der Waals surface area contributed by atoms with E-state index in [1.54, 1.807) is 0 Å². The van der Waals surface area contributed by atoms with Gasteiger partial charge in [0.15, 0.2) is 0 Å². The van der Waals surface area contributed by atoms with Gasteiger partial charge in [-0.05, 0) is 24.2 Å². The summed E-state index contributed by atoms with van der Waals surface area (Å²) in [7, 11) is 0. The maximum atomic E-state index is 4.09. The van der Waals surface area contributed by atoms with Gasteiger partial charge in [0.2, 0.25) is 0 Å². The second-order valence-electron chi connectivity index (χ2n) is 5.55. The van der Waals surface area contributed by atoms with Crippen LogP contribution in [0.4, 0.5) is 0 Å². The molecule has 3 atom stereocenters. The molecule has 0 bridgehead atoms. The Labute approximate surface area is 75.2 Å². The summed E-state index contributed by atoms with van der Waals surface area (Å²) in [6.45, 7) is 11.0. The number of allylic oxidation sites excluding steroid dienone is 1. The van der Waals surface area contributed by atoms with Gasteiger partial charge in [-0.2, -0.15) is 0 Å². The lowest BCUT2D eigenvalue weighted by atomic mass is 9.82. The average Bonchev–Trinajstić information content (AvgIpc) is 2.54.